The maximum Gasteiger partial charge on any atom is 0.408 e. The lowest BCUT2D eigenvalue weighted by atomic mass is 9.89. The van der Waals surface area contributed by atoms with Crippen LogP contribution in [-0.4, -0.2) is 29.6 Å². The molecule has 1 unspecified atom stereocenters. The Kier molecular flexibility index (Phi) is 7.43. The van der Waals surface area contributed by atoms with Crippen molar-refractivity contribution in [3.8, 4) is 0 Å². The quantitative estimate of drug-likeness (QED) is 0.481. The van der Waals surface area contributed by atoms with Crippen molar-refractivity contribution >= 4 is 22.9 Å². The van der Waals surface area contributed by atoms with Gasteiger partial charge in [-0.25, -0.2) is 4.79 Å². The van der Waals surface area contributed by atoms with Crippen LogP contribution in [0.3, 0.4) is 0 Å². The highest BCUT2D eigenvalue weighted by molar-refractivity contribution is 5.88. The molecule has 4 rings (SSSR count). The number of carbonyl (C=O) groups excluding carboxylic acids is 2. The zero-order valence-electron chi connectivity index (χ0n) is 18.3. The number of aromatic nitrogens is 1. The Morgan fingerprint density at radius 1 is 1.00 bits per heavy atom. The van der Waals surface area contributed by atoms with Crippen LogP contribution in [0.1, 0.15) is 43.2 Å². The summed E-state index contributed by atoms with van der Waals surface area (Å²) in [5.41, 5.74) is 2.90. The molecular weight excluding hydrogens is 402 g/mol. The molecule has 1 aromatic heterocycles. The number of para-hydroxylation sites is 1. The first-order chi connectivity index (χ1) is 15.7. The number of carbonyl (C=O) groups is 2. The normalized spacial score (nSPS) is 15.2. The van der Waals surface area contributed by atoms with Gasteiger partial charge in [-0.15, -0.1) is 0 Å². The molecule has 0 bridgehead atoms. The predicted molar refractivity (Wildman–Crippen MR) is 125 cm³/mol. The third kappa shape index (κ3) is 5.90. The van der Waals surface area contributed by atoms with Crippen molar-refractivity contribution in [1.29, 1.82) is 0 Å². The maximum atomic E-state index is 13.1. The molecule has 2 aromatic carbocycles. The summed E-state index contributed by atoms with van der Waals surface area (Å²) >= 11 is 0. The minimum Gasteiger partial charge on any atom is -0.445 e. The van der Waals surface area contributed by atoms with E-state index in [0.717, 1.165) is 34.9 Å². The van der Waals surface area contributed by atoms with Gasteiger partial charge in [-0.3, -0.25) is 4.79 Å². The minimum atomic E-state index is -0.707. The maximum absolute atomic E-state index is 13.1. The summed E-state index contributed by atoms with van der Waals surface area (Å²) in [6, 6.07) is 16.8. The third-order valence-electron chi connectivity index (χ3n) is 6.21. The van der Waals surface area contributed by atoms with Gasteiger partial charge in [0.15, 0.2) is 0 Å². The molecule has 3 N–H and O–H groups in total. The fourth-order valence-corrected chi connectivity index (χ4v) is 4.40. The molecule has 0 saturated heterocycles. The van der Waals surface area contributed by atoms with Gasteiger partial charge in [-0.2, -0.15) is 0 Å². The molecule has 6 heteroatoms. The number of hydrogen-bond donors (Lipinski definition) is 3. The van der Waals surface area contributed by atoms with Crippen molar-refractivity contribution in [2.75, 3.05) is 6.54 Å². The van der Waals surface area contributed by atoms with E-state index >= 15 is 0 Å². The lowest BCUT2D eigenvalue weighted by Gasteiger charge is -2.24. The molecule has 3 aromatic rings. The van der Waals surface area contributed by atoms with Gasteiger partial charge >= 0.3 is 6.09 Å². The second kappa shape index (κ2) is 10.8. The molecule has 1 aliphatic rings. The predicted octanol–water partition coefficient (Wildman–Crippen LogP) is 4.70. The molecular formula is C26H31N3O3. The zero-order valence-corrected chi connectivity index (χ0v) is 18.3. The number of fused-ring (bicyclic) bond motifs is 1. The van der Waals surface area contributed by atoms with Crippen molar-refractivity contribution in [3.05, 3.63) is 71.9 Å². The number of H-pyrrole nitrogens is 1. The molecule has 1 fully saturated rings. The number of aromatic amines is 1. The van der Waals surface area contributed by atoms with E-state index in [1.54, 1.807) is 0 Å². The summed E-state index contributed by atoms with van der Waals surface area (Å²) < 4.78 is 5.37. The fraction of sp³-hybridized carbons (Fsp3) is 0.385. The molecule has 168 valence electrons. The molecule has 1 atom stereocenters. The van der Waals surface area contributed by atoms with E-state index in [4.69, 9.17) is 4.74 Å². The molecule has 0 radical (unpaired) electrons. The number of rotatable bonds is 8. The van der Waals surface area contributed by atoms with Crippen molar-refractivity contribution in [2.45, 2.75) is 51.2 Å². The van der Waals surface area contributed by atoms with E-state index in [1.807, 2.05) is 60.8 Å². The number of nitrogens with one attached hydrogen (secondary N) is 3. The lowest BCUT2D eigenvalue weighted by Crippen LogP contribution is -2.49. The second-order valence-electron chi connectivity index (χ2n) is 8.57. The largest absolute Gasteiger partial charge is 0.445 e. The van der Waals surface area contributed by atoms with Crippen LogP contribution in [0, 0.1) is 5.92 Å². The van der Waals surface area contributed by atoms with E-state index in [0.29, 0.717) is 18.9 Å². The van der Waals surface area contributed by atoms with Crippen LogP contribution >= 0.6 is 0 Å². The van der Waals surface area contributed by atoms with Gasteiger partial charge < -0.3 is 20.4 Å². The Bertz CT molecular complexity index is 1020. The SMILES string of the molecule is O=C(NC(Cc1c[nH]c2ccccc12)C(=O)NCC1CCCCC1)OCc1ccccc1. The number of alkyl carbamates (subject to hydrolysis) is 1. The molecule has 32 heavy (non-hydrogen) atoms. The molecule has 0 spiro atoms. The Morgan fingerprint density at radius 3 is 2.56 bits per heavy atom. The summed E-state index contributed by atoms with van der Waals surface area (Å²) in [6.45, 7) is 0.820. The van der Waals surface area contributed by atoms with Gasteiger partial charge in [-0.1, -0.05) is 67.8 Å². The second-order valence-corrected chi connectivity index (χ2v) is 8.57. The van der Waals surface area contributed by atoms with Crippen molar-refractivity contribution in [2.24, 2.45) is 5.92 Å². The van der Waals surface area contributed by atoms with Gasteiger partial charge in [-0.05, 0) is 36.0 Å². The van der Waals surface area contributed by atoms with Crippen LogP contribution in [0.25, 0.3) is 10.9 Å². The summed E-state index contributed by atoms with van der Waals surface area (Å²) in [5.74, 6) is 0.351. The van der Waals surface area contributed by atoms with Crippen molar-refractivity contribution < 1.29 is 14.3 Å². The molecule has 0 aliphatic heterocycles. The van der Waals surface area contributed by atoms with E-state index in [2.05, 4.69) is 15.6 Å². The minimum absolute atomic E-state index is 0.163. The van der Waals surface area contributed by atoms with Crippen LogP contribution < -0.4 is 10.6 Å². The monoisotopic (exact) mass is 433 g/mol. The Balaban J connectivity index is 1.41. The molecule has 1 aliphatic carbocycles. The standard InChI is InChI=1S/C26H31N3O3/c30-25(28-16-19-9-3-1-4-10-19)24(15-21-17-27-23-14-8-7-13-22(21)23)29-26(31)32-18-20-11-5-2-6-12-20/h2,5-8,11-14,17,19,24,27H,1,3-4,9-10,15-16,18H2,(H,28,30)(H,29,31). The van der Waals surface area contributed by atoms with Crippen LogP contribution in [0.15, 0.2) is 60.8 Å². The van der Waals surface area contributed by atoms with Gasteiger partial charge in [0.2, 0.25) is 5.91 Å². The van der Waals surface area contributed by atoms with Crippen LogP contribution in [-0.2, 0) is 22.6 Å². The third-order valence-corrected chi connectivity index (χ3v) is 6.21. The topological polar surface area (TPSA) is 83.2 Å². The van der Waals surface area contributed by atoms with E-state index in [1.165, 1.54) is 19.3 Å². The van der Waals surface area contributed by atoms with Gasteiger partial charge in [0.05, 0.1) is 0 Å². The molecule has 1 saturated carbocycles. The highest BCUT2D eigenvalue weighted by atomic mass is 16.5. The molecule has 2 amide bonds. The van der Waals surface area contributed by atoms with Gasteiger partial charge in [0, 0.05) is 30.1 Å². The van der Waals surface area contributed by atoms with Gasteiger partial charge in [0.25, 0.3) is 0 Å². The number of benzene rings is 2. The van der Waals surface area contributed by atoms with Crippen molar-refractivity contribution in [3.63, 3.8) is 0 Å². The number of hydrogen-bond acceptors (Lipinski definition) is 3. The lowest BCUT2D eigenvalue weighted by molar-refractivity contribution is -0.123. The highest BCUT2D eigenvalue weighted by Gasteiger charge is 2.24. The molecule has 1 heterocycles. The smallest absolute Gasteiger partial charge is 0.408 e. The summed E-state index contributed by atoms with van der Waals surface area (Å²) in [5, 5.41) is 6.92. The fourth-order valence-electron chi connectivity index (χ4n) is 4.40. The molecule has 6 nitrogen and oxygen atoms in total. The first kappa shape index (κ1) is 21.9. The van der Waals surface area contributed by atoms with E-state index in [9.17, 15) is 9.59 Å². The van der Waals surface area contributed by atoms with Gasteiger partial charge in [0.1, 0.15) is 12.6 Å². The number of amides is 2. The van der Waals surface area contributed by atoms with E-state index in [-0.39, 0.29) is 12.5 Å². The zero-order chi connectivity index (χ0) is 22.2. The average molecular weight is 434 g/mol. The van der Waals surface area contributed by atoms with Crippen LogP contribution in [0.4, 0.5) is 4.79 Å². The first-order valence-electron chi connectivity index (χ1n) is 11.5. The summed E-state index contributed by atoms with van der Waals surface area (Å²) in [7, 11) is 0. The average Bonchev–Trinajstić information content (AvgIpc) is 3.25. The highest BCUT2D eigenvalue weighted by Crippen LogP contribution is 2.23. The Labute approximate surface area is 188 Å². The summed E-state index contributed by atoms with van der Waals surface area (Å²) in [6.07, 6.45) is 7.74. The van der Waals surface area contributed by atoms with E-state index < -0.39 is 12.1 Å². The Morgan fingerprint density at radius 2 is 1.75 bits per heavy atom. The van der Waals surface area contributed by atoms with Crippen LogP contribution in [0.2, 0.25) is 0 Å². The number of ether oxygens (including phenoxy) is 1. The first-order valence-corrected chi connectivity index (χ1v) is 11.5. The Hall–Kier alpha value is -3.28. The summed E-state index contributed by atoms with van der Waals surface area (Å²) in [4.78, 5) is 28.8. The van der Waals surface area contributed by atoms with Crippen LogP contribution in [0.5, 0.6) is 0 Å². The van der Waals surface area contributed by atoms with Crippen molar-refractivity contribution in [1.82, 2.24) is 15.6 Å².